The molecular weight excluding hydrogens is 661 g/mol. The van der Waals surface area contributed by atoms with Crippen molar-refractivity contribution in [2.45, 2.75) is 42.4 Å². The van der Waals surface area contributed by atoms with Gasteiger partial charge in [-0.15, -0.1) is 4.71 Å². The summed E-state index contributed by atoms with van der Waals surface area (Å²) < 4.78 is 160. The van der Waals surface area contributed by atoms with Crippen LogP contribution in [0.3, 0.4) is 0 Å². The highest BCUT2D eigenvalue weighted by atomic mass is 35.5. The fourth-order valence-corrected chi connectivity index (χ4v) is 6.09. The summed E-state index contributed by atoms with van der Waals surface area (Å²) in [6.07, 6.45) is -2.80. The monoisotopic (exact) mass is 688 g/mol. The zero-order chi connectivity index (χ0) is 33.2. The molecule has 1 atom stereocenters. The average molecular weight is 689 g/mol. The Kier molecular flexibility index (Phi) is 11.5. The van der Waals surface area contributed by atoms with Crippen molar-refractivity contribution >= 4 is 41.7 Å². The highest BCUT2D eigenvalue weighted by molar-refractivity contribution is 7.90. The number of carbonyl (C=O) groups is 1. The number of piperazine rings is 3. The van der Waals surface area contributed by atoms with Crippen LogP contribution < -0.4 is 4.74 Å². The molecule has 1 aromatic carbocycles. The van der Waals surface area contributed by atoms with Crippen LogP contribution in [0, 0.1) is 0 Å². The lowest BCUT2D eigenvalue weighted by atomic mass is 9.91. The van der Waals surface area contributed by atoms with Crippen LogP contribution in [0.15, 0.2) is 17.0 Å². The number of rotatable bonds is 4. The minimum Gasteiger partial charge on any atom is -0.490 e. The molecule has 4 fully saturated rings. The number of fused-ring (bicyclic) bond motifs is 4. The maximum Gasteiger partial charge on any atom is 0.673 e. The molecule has 43 heavy (non-hydrogen) atoms. The number of nitrogens with zero attached hydrogens (tertiary/aromatic N) is 2. The van der Waals surface area contributed by atoms with Gasteiger partial charge in [0.15, 0.2) is 47.4 Å². The fourth-order valence-electron chi connectivity index (χ4n) is 4.82. The largest absolute Gasteiger partial charge is 0.673 e. The predicted molar refractivity (Wildman–Crippen MR) is 133 cm³/mol. The van der Waals surface area contributed by atoms with Gasteiger partial charge in [0.1, 0.15) is 31.5 Å². The summed E-state index contributed by atoms with van der Waals surface area (Å²) >= 11 is 5.85. The van der Waals surface area contributed by atoms with Crippen LogP contribution in [0.2, 0.25) is 0 Å². The van der Waals surface area contributed by atoms with Crippen LogP contribution in [-0.4, -0.2) is 108 Å². The zero-order valence-electron chi connectivity index (χ0n) is 22.4. The lowest BCUT2D eigenvalue weighted by Gasteiger charge is -2.48. The summed E-state index contributed by atoms with van der Waals surface area (Å²) in [7, 11) is -15.7. The normalized spacial score (nSPS) is 27.8. The topological polar surface area (TPSA) is 60.4 Å². The van der Waals surface area contributed by atoms with Crippen molar-refractivity contribution in [1.29, 1.82) is 0 Å². The summed E-state index contributed by atoms with van der Waals surface area (Å²) in [4.78, 5) is 11.6. The van der Waals surface area contributed by atoms with Crippen LogP contribution in [0.25, 0.3) is 0 Å². The molecule has 0 aromatic heterocycles. The van der Waals surface area contributed by atoms with E-state index in [1.807, 2.05) is 0 Å². The molecule has 1 saturated carbocycles. The predicted octanol–water partition coefficient (Wildman–Crippen LogP) is 5.67. The molecule has 6 rings (SSSR count). The number of quaternary nitrogens is 2. The van der Waals surface area contributed by atoms with Gasteiger partial charge < -0.3 is 39.3 Å². The highest BCUT2D eigenvalue weighted by Gasteiger charge is 2.50. The second kappa shape index (κ2) is 13.2. The third kappa shape index (κ3) is 11.5. The summed E-state index contributed by atoms with van der Waals surface area (Å²) in [5, 5.41) is 0. The highest BCUT2D eigenvalue weighted by Crippen LogP contribution is 2.43. The van der Waals surface area contributed by atoms with Crippen LogP contribution in [-0.2, 0) is 16.3 Å². The van der Waals surface area contributed by atoms with E-state index in [1.165, 1.54) is 6.07 Å². The number of benzene rings is 1. The number of carbonyl (C=O) groups excluding carboxylic acids is 1. The first-order valence-corrected chi connectivity index (χ1v) is 15.0. The summed E-state index contributed by atoms with van der Waals surface area (Å²) in [6, 6.07) is 3.13. The van der Waals surface area contributed by atoms with E-state index in [4.69, 9.17) is 16.3 Å². The van der Waals surface area contributed by atoms with E-state index in [1.54, 1.807) is 0 Å². The SMILES string of the molecule is CS(=O)(=O)c1ccc(OC2CC(F)(F)C2)c2c1C(=O)C(F)C2.F[B-](F)(F)F.F[B-](F)(F)F.F[N+]12CC[N+](CCl)(CC1)CC2. The van der Waals surface area contributed by atoms with E-state index in [-0.39, 0.29) is 32.9 Å². The third-order valence-corrected chi connectivity index (χ3v) is 8.72. The van der Waals surface area contributed by atoms with Crippen molar-refractivity contribution in [3.8, 4) is 5.75 Å². The summed E-state index contributed by atoms with van der Waals surface area (Å²) in [6.45, 7) is 4.81. The van der Waals surface area contributed by atoms with E-state index in [9.17, 15) is 65.4 Å². The Hall–Kier alpha value is -1.86. The Bertz CT molecular complexity index is 1210. The Morgan fingerprint density at radius 3 is 1.74 bits per heavy atom. The van der Waals surface area contributed by atoms with E-state index >= 15 is 0 Å². The van der Waals surface area contributed by atoms with Crippen molar-refractivity contribution in [2.24, 2.45) is 0 Å². The van der Waals surface area contributed by atoms with Crippen molar-refractivity contribution in [3.05, 3.63) is 23.3 Å². The van der Waals surface area contributed by atoms with Crippen molar-refractivity contribution < 1.29 is 79.3 Å². The van der Waals surface area contributed by atoms with E-state index in [2.05, 4.69) is 0 Å². The Morgan fingerprint density at radius 2 is 1.37 bits per heavy atom. The lowest BCUT2D eigenvalue weighted by Crippen LogP contribution is -2.71. The standard InChI is InChI=1S/C14H13F3O4S.C7H14ClFN2.2BF4/c1-22(19,20)11-3-2-10(21-7-5-14(16,17)6-7)8-4-9(15)13(18)12(8)11;8-7-10-1-4-11(9,5-2-10)6-3-10;2*2-1(3,4)5/h2-3,7,9H,4-6H2,1H3;1-7H2;;/q;+2;2*-1. The van der Waals surface area contributed by atoms with Crippen LogP contribution >= 0.6 is 11.6 Å². The van der Waals surface area contributed by atoms with E-state index < -0.39 is 61.2 Å². The number of ether oxygens (including phenoxy) is 1. The zero-order valence-corrected chi connectivity index (χ0v) is 24.0. The van der Waals surface area contributed by atoms with Gasteiger partial charge in [0.05, 0.1) is 4.90 Å². The molecule has 0 spiro atoms. The summed E-state index contributed by atoms with van der Waals surface area (Å²) in [5.41, 5.74) is -0.0609. The fraction of sp³-hybridized carbons (Fsp3) is 0.667. The average Bonchev–Trinajstić information content (AvgIpc) is 3.11. The van der Waals surface area contributed by atoms with Gasteiger partial charge in [0.25, 0.3) is 5.92 Å². The molecule has 2 aliphatic carbocycles. The number of ketones is 1. The molecule has 5 aliphatic rings. The number of sulfone groups is 1. The van der Waals surface area contributed by atoms with Gasteiger partial charge in [-0.2, -0.15) is 0 Å². The number of Topliss-reactive ketones (excluding diaryl/α,β-unsaturated/α-hetero) is 1. The van der Waals surface area contributed by atoms with Gasteiger partial charge in [0.2, 0.25) is 0 Å². The molecule has 3 aliphatic heterocycles. The molecule has 0 amide bonds. The van der Waals surface area contributed by atoms with Gasteiger partial charge in [0, 0.05) is 36.6 Å². The van der Waals surface area contributed by atoms with Gasteiger partial charge >= 0.3 is 14.5 Å². The molecule has 0 N–H and O–H groups in total. The maximum atomic E-state index is 13.7. The maximum absolute atomic E-state index is 13.7. The first-order chi connectivity index (χ1) is 19.3. The van der Waals surface area contributed by atoms with Crippen molar-refractivity contribution in [2.75, 3.05) is 51.5 Å². The van der Waals surface area contributed by atoms with Gasteiger partial charge in [-0.1, -0.05) is 11.6 Å². The molecular formula is C21H27B2ClF12N2O4S. The molecule has 3 heterocycles. The molecule has 6 nitrogen and oxygen atoms in total. The quantitative estimate of drug-likeness (QED) is 0.102. The van der Waals surface area contributed by atoms with Crippen LogP contribution in [0.4, 0.5) is 52.2 Å². The lowest BCUT2D eigenvalue weighted by molar-refractivity contribution is -1.15. The molecule has 0 radical (unpaired) electrons. The molecule has 248 valence electrons. The van der Waals surface area contributed by atoms with Crippen LogP contribution in [0.5, 0.6) is 5.75 Å². The Morgan fingerprint density at radius 1 is 0.930 bits per heavy atom. The Labute approximate surface area is 244 Å². The number of hydrogen-bond donors (Lipinski definition) is 0. The van der Waals surface area contributed by atoms with Gasteiger partial charge in [-0.05, 0) is 16.6 Å². The van der Waals surface area contributed by atoms with E-state index in [0.29, 0.717) is 25.6 Å². The Balaban J connectivity index is 0.000000253. The molecule has 1 unspecified atom stereocenters. The second-order valence-corrected chi connectivity index (χ2v) is 12.8. The minimum atomic E-state index is -6.00. The minimum absolute atomic E-state index is 0.108. The number of halogens is 13. The first-order valence-electron chi connectivity index (χ1n) is 12.6. The number of hydrogen-bond acceptors (Lipinski definition) is 4. The molecule has 1 aromatic rings. The van der Waals surface area contributed by atoms with E-state index in [0.717, 1.165) is 36.4 Å². The van der Waals surface area contributed by atoms with Crippen LogP contribution in [0.1, 0.15) is 28.8 Å². The summed E-state index contributed by atoms with van der Waals surface area (Å²) in [5.74, 6) is -3.56. The third-order valence-electron chi connectivity index (χ3n) is 7.07. The first kappa shape index (κ1) is 37.3. The second-order valence-electron chi connectivity index (χ2n) is 10.5. The van der Waals surface area contributed by atoms with Gasteiger partial charge in [-0.3, -0.25) is 9.28 Å². The molecule has 3 saturated heterocycles. The van der Waals surface area contributed by atoms with Gasteiger partial charge in [-0.25, -0.2) is 21.6 Å². The number of alkyl halides is 4. The molecule has 22 heteroatoms. The van der Waals surface area contributed by atoms with Crippen molar-refractivity contribution in [3.63, 3.8) is 0 Å². The smallest absolute Gasteiger partial charge is 0.490 e. The molecule has 2 bridgehead atoms. The van der Waals surface area contributed by atoms with Crippen molar-refractivity contribution in [1.82, 2.24) is 0 Å².